The second-order valence-electron chi connectivity index (χ2n) is 3.84. The molecule has 2 rings (SSSR count). The Bertz CT molecular complexity index is 562. The Labute approximate surface area is 108 Å². The SMILES string of the molecule is Cc1cn(Cc2ncc(C)o2)c(SCC(=O)O)n1. The first kappa shape index (κ1) is 12.7. The van der Waals surface area contributed by atoms with Crippen molar-refractivity contribution in [3.05, 3.63) is 29.7 Å². The maximum absolute atomic E-state index is 10.6. The number of aromatic nitrogens is 3. The topological polar surface area (TPSA) is 81.2 Å². The molecule has 0 amide bonds. The van der Waals surface area contributed by atoms with Gasteiger partial charge >= 0.3 is 5.97 Å². The minimum Gasteiger partial charge on any atom is -0.481 e. The second-order valence-corrected chi connectivity index (χ2v) is 4.78. The number of carboxylic acids is 1. The monoisotopic (exact) mass is 267 g/mol. The number of imidazole rings is 1. The fraction of sp³-hybridized carbons (Fsp3) is 0.364. The van der Waals surface area contributed by atoms with E-state index in [0.717, 1.165) is 11.5 Å². The zero-order chi connectivity index (χ0) is 13.1. The quantitative estimate of drug-likeness (QED) is 0.831. The number of rotatable bonds is 5. The van der Waals surface area contributed by atoms with Gasteiger partial charge in [0.15, 0.2) is 5.16 Å². The summed E-state index contributed by atoms with van der Waals surface area (Å²) in [5.74, 6) is 0.462. The third-order valence-electron chi connectivity index (χ3n) is 2.16. The average molecular weight is 267 g/mol. The standard InChI is InChI=1S/C11H13N3O3S/c1-7-4-14(5-9-12-3-8(2)17-9)11(13-7)18-6-10(15)16/h3-4H,5-6H2,1-2H3,(H,15,16). The molecule has 0 unspecified atom stereocenters. The van der Waals surface area contributed by atoms with Crippen LogP contribution in [0.15, 0.2) is 22.0 Å². The number of carboxylic acid groups (broad SMARTS) is 1. The number of oxazole rings is 1. The highest BCUT2D eigenvalue weighted by Gasteiger charge is 2.11. The predicted molar refractivity (Wildman–Crippen MR) is 65.7 cm³/mol. The molecule has 0 aliphatic heterocycles. The van der Waals surface area contributed by atoms with Crippen LogP contribution in [0.4, 0.5) is 0 Å². The summed E-state index contributed by atoms with van der Waals surface area (Å²) in [4.78, 5) is 19.0. The number of aliphatic carboxylic acids is 1. The first-order valence-electron chi connectivity index (χ1n) is 5.34. The smallest absolute Gasteiger partial charge is 0.313 e. The van der Waals surface area contributed by atoms with Crippen LogP contribution >= 0.6 is 11.8 Å². The van der Waals surface area contributed by atoms with Crippen LogP contribution in [0, 0.1) is 13.8 Å². The van der Waals surface area contributed by atoms with E-state index in [-0.39, 0.29) is 5.75 Å². The second kappa shape index (κ2) is 5.26. The van der Waals surface area contributed by atoms with Crippen molar-refractivity contribution in [1.29, 1.82) is 0 Å². The minimum absolute atomic E-state index is 0.0128. The molecule has 18 heavy (non-hydrogen) atoms. The van der Waals surface area contributed by atoms with Crippen LogP contribution in [-0.2, 0) is 11.3 Å². The van der Waals surface area contributed by atoms with Crippen LogP contribution < -0.4 is 0 Å². The van der Waals surface area contributed by atoms with Crippen LogP contribution in [0.3, 0.4) is 0 Å². The molecule has 2 aromatic rings. The molecule has 0 spiro atoms. The van der Waals surface area contributed by atoms with Gasteiger partial charge in [0.25, 0.3) is 0 Å². The maximum Gasteiger partial charge on any atom is 0.313 e. The number of aryl methyl sites for hydroxylation is 2. The molecule has 0 atom stereocenters. The van der Waals surface area contributed by atoms with Gasteiger partial charge in [-0.05, 0) is 13.8 Å². The van der Waals surface area contributed by atoms with E-state index in [2.05, 4.69) is 9.97 Å². The third kappa shape index (κ3) is 3.13. The lowest BCUT2D eigenvalue weighted by Crippen LogP contribution is -2.03. The summed E-state index contributed by atoms with van der Waals surface area (Å²) in [6, 6.07) is 0. The van der Waals surface area contributed by atoms with Gasteiger partial charge in [-0.3, -0.25) is 4.79 Å². The van der Waals surface area contributed by atoms with E-state index in [1.165, 1.54) is 11.8 Å². The van der Waals surface area contributed by atoms with Crippen molar-refractivity contribution in [3.8, 4) is 0 Å². The van der Waals surface area contributed by atoms with Gasteiger partial charge in [-0.25, -0.2) is 9.97 Å². The van der Waals surface area contributed by atoms with Gasteiger partial charge in [0.1, 0.15) is 12.3 Å². The normalized spacial score (nSPS) is 10.8. The Balaban J connectivity index is 2.14. The summed E-state index contributed by atoms with van der Waals surface area (Å²) in [5, 5.41) is 9.33. The fourth-order valence-corrected chi connectivity index (χ4v) is 2.24. The van der Waals surface area contributed by atoms with Gasteiger partial charge < -0.3 is 14.1 Å². The number of nitrogens with zero attached hydrogens (tertiary/aromatic N) is 3. The van der Waals surface area contributed by atoms with Crippen molar-refractivity contribution in [2.24, 2.45) is 0 Å². The summed E-state index contributed by atoms with van der Waals surface area (Å²) in [5.41, 5.74) is 0.839. The van der Waals surface area contributed by atoms with Crippen molar-refractivity contribution in [3.63, 3.8) is 0 Å². The van der Waals surface area contributed by atoms with E-state index in [1.807, 2.05) is 24.6 Å². The molecule has 7 heteroatoms. The number of hydrogen-bond donors (Lipinski definition) is 1. The summed E-state index contributed by atoms with van der Waals surface area (Å²) >= 11 is 1.18. The summed E-state index contributed by atoms with van der Waals surface area (Å²) < 4.78 is 7.23. The number of thioether (sulfide) groups is 1. The zero-order valence-corrected chi connectivity index (χ0v) is 10.9. The van der Waals surface area contributed by atoms with E-state index < -0.39 is 5.97 Å². The average Bonchev–Trinajstić information content (AvgIpc) is 2.83. The van der Waals surface area contributed by atoms with Crippen molar-refractivity contribution in [1.82, 2.24) is 14.5 Å². The van der Waals surface area contributed by atoms with Crippen molar-refractivity contribution < 1.29 is 14.3 Å². The molecule has 1 N–H and O–H groups in total. The predicted octanol–water partition coefficient (Wildman–Crippen LogP) is 1.71. The summed E-state index contributed by atoms with van der Waals surface area (Å²) in [6.07, 6.45) is 3.51. The number of carbonyl (C=O) groups is 1. The van der Waals surface area contributed by atoms with Crippen LogP contribution in [0.1, 0.15) is 17.3 Å². The van der Waals surface area contributed by atoms with Crippen LogP contribution in [0.25, 0.3) is 0 Å². The Morgan fingerprint density at radius 1 is 1.56 bits per heavy atom. The largest absolute Gasteiger partial charge is 0.481 e. The Kier molecular flexibility index (Phi) is 3.71. The molecule has 0 radical (unpaired) electrons. The molecular weight excluding hydrogens is 254 g/mol. The van der Waals surface area contributed by atoms with Gasteiger partial charge in [0.2, 0.25) is 5.89 Å². The van der Waals surface area contributed by atoms with Gasteiger partial charge in [0.05, 0.1) is 17.6 Å². The lowest BCUT2D eigenvalue weighted by Gasteiger charge is -2.03. The van der Waals surface area contributed by atoms with Crippen molar-refractivity contribution in [2.75, 3.05) is 5.75 Å². The van der Waals surface area contributed by atoms with Gasteiger partial charge in [-0.2, -0.15) is 0 Å². The fourth-order valence-electron chi connectivity index (χ4n) is 1.50. The van der Waals surface area contributed by atoms with Crippen LogP contribution in [-0.4, -0.2) is 31.4 Å². The van der Waals surface area contributed by atoms with Crippen molar-refractivity contribution in [2.45, 2.75) is 25.5 Å². The molecule has 0 bridgehead atoms. The van der Waals surface area contributed by atoms with E-state index in [4.69, 9.17) is 9.52 Å². The maximum atomic E-state index is 10.6. The Morgan fingerprint density at radius 3 is 2.94 bits per heavy atom. The highest BCUT2D eigenvalue weighted by Crippen LogP contribution is 2.18. The third-order valence-corrected chi connectivity index (χ3v) is 3.14. The highest BCUT2D eigenvalue weighted by atomic mass is 32.2. The lowest BCUT2D eigenvalue weighted by atomic mass is 10.5. The molecular formula is C11H13N3O3S. The van der Waals surface area contributed by atoms with Gasteiger partial charge in [-0.1, -0.05) is 11.8 Å². The van der Waals surface area contributed by atoms with Crippen LogP contribution in [0.2, 0.25) is 0 Å². The lowest BCUT2D eigenvalue weighted by molar-refractivity contribution is -0.133. The number of hydrogen-bond acceptors (Lipinski definition) is 5. The molecule has 2 heterocycles. The van der Waals surface area contributed by atoms with Crippen molar-refractivity contribution >= 4 is 17.7 Å². The zero-order valence-electron chi connectivity index (χ0n) is 10.1. The molecule has 0 saturated heterocycles. The highest BCUT2D eigenvalue weighted by molar-refractivity contribution is 7.99. The van der Waals surface area contributed by atoms with E-state index >= 15 is 0 Å². The first-order valence-corrected chi connectivity index (χ1v) is 6.33. The first-order chi connectivity index (χ1) is 8.54. The molecule has 0 aliphatic rings. The Hall–Kier alpha value is -1.76. The molecule has 0 aliphatic carbocycles. The molecule has 0 saturated carbocycles. The minimum atomic E-state index is -0.862. The van der Waals surface area contributed by atoms with Crippen LogP contribution in [0.5, 0.6) is 0 Å². The molecule has 2 aromatic heterocycles. The van der Waals surface area contributed by atoms with Gasteiger partial charge in [-0.15, -0.1) is 0 Å². The van der Waals surface area contributed by atoms with E-state index in [1.54, 1.807) is 6.20 Å². The van der Waals surface area contributed by atoms with Gasteiger partial charge in [0, 0.05) is 6.20 Å². The van der Waals surface area contributed by atoms with E-state index in [9.17, 15) is 4.79 Å². The summed E-state index contributed by atoms with van der Waals surface area (Å²) in [6.45, 7) is 4.15. The molecule has 0 fully saturated rings. The summed E-state index contributed by atoms with van der Waals surface area (Å²) in [7, 11) is 0. The molecule has 96 valence electrons. The Morgan fingerprint density at radius 2 is 2.33 bits per heavy atom. The molecule has 6 nitrogen and oxygen atoms in total. The van der Waals surface area contributed by atoms with E-state index in [0.29, 0.717) is 17.6 Å². The molecule has 0 aromatic carbocycles.